The molecule has 5 nitrogen and oxygen atoms in total. The van der Waals surface area contributed by atoms with E-state index in [-0.39, 0.29) is 6.41 Å². The van der Waals surface area contributed by atoms with Crippen LogP contribution in [0.25, 0.3) is 5.70 Å². The number of hydrogen-bond donors (Lipinski definition) is 3. The van der Waals surface area contributed by atoms with Gasteiger partial charge >= 0.3 is 0 Å². The van der Waals surface area contributed by atoms with Crippen molar-refractivity contribution in [2.24, 2.45) is 16.5 Å². The Morgan fingerprint density at radius 3 is 1.81 bits per heavy atom. The lowest BCUT2D eigenvalue weighted by Crippen LogP contribution is -2.16. The number of carbonyl (C=O) groups excluding carboxylic acids is 1. The minimum atomic E-state index is 0.250. The Labute approximate surface area is 163 Å². The zero-order valence-corrected chi connectivity index (χ0v) is 16.2. The van der Waals surface area contributed by atoms with Gasteiger partial charge in [0.05, 0.1) is 12.4 Å². The summed E-state index contributed by atoms with van der Waals surface area (Å²) in [5.41, 5.74) is 12.7. The number of aliphatic imine (C=N–C) groups is 1. The van der Waals surface area contributed by atoms with E-state index in [0.717, 1.165) is 17.7 Å². The molecule has 0 radical (unpaired) electrons. The van der Waals surface area contributed by atoms with Crippen LogP contribution in [0.2, 0.25) is 0 Å². The van der Waals surface area contributed by atoms with Gasteiger partial charge in [-0.1, -0.05) is 86.8 Å². The van der Waals surface area contributed by atoms with Crippen LogP contribution >= 0.6 is 0 Å². The molecule has 2 aromatic carbocycles. The van der Waals surface area contributed by atoms with E-state index in [1.54, 1.807) is 6.20 Å². The van der Waals surface area contributed by atoms with Crippen LogP contribution in [0.5, 0.6) is 0 Å². The molecule has 5 N–H and O–H groups in total. The first kappa shape index (κ1) is 24.1. The van der Waals surface area contributed by atoms with Crippen molar-refractivity contribution < 1.29 is 4.79 Å². The van der Waals surface area contributed by atoms with Gasteiger partial charge in [0.1, 0.15) is 0 Å². The Hall–Kier alpha value is -2.92. The van der Waals surface area contributed by atoms with Gasteiger partial charge in [-0.25, -0.2) is 0 Å². The van der Waals surface area contributed by atoms with Crippen molar-refractivity contribution in [1.29, 1.82) is 0 Å². The summed E-state index contributed by atoms with van der Waals surface area (Å²) >= 11 is 0. The standard InChI is InChI=1S/C12H17N3.C6H6.C3H6.CH3NO/c1-3-10-4-6-11(7-5-10)12(14-2)8-15-9-13;1-2-4-6-5-3-1;1-2-3-1;2-1-3/h4-8,15H,2-3,9,13H2,1H3;1-6H;1-3H2;1H,(H2,2,3)/b12-8-;;;. The van der Waals surface area contributed by atoms with Gasteiger partial charge in [0.25, 0.3) is 0 Å². The maximum Gasteiger partial charge on any atom is 0.204 e. The number of carbonyl (C=O) groups is 1. The number of amides is 1. The molecule has 1 aliphatic rings. The lowest BCUT2D eigenvalue weighted by atomic mass is 10.1. The monoisotopic (exact) mass is 368 g/mol. The van der Waals surface area contributed by atoms with E-state index >= 15 is 0 Å². The summed E-state index contributed by atoms with van der Waals surface area (Å²) in [6, 6.07) is 20.3. The van der Waals surface area contributed by atoms with Crippen molar-refractivity contribution in [3.63, 3.8) is 0 Å². The molecular weight excluding hydrogens is 336 g/mol. The molecule has 0 aliphatic heterocycles. The Morgan fingerprint density at radius 2 is 1.52 bits per heavy atom. The number of benzene rings is 2. The molecule has 1 amide bonds. The number of rotatable bonds is 5. The highest BCUT2D eigenvalue weighted by Gasteiger charge is 1.98. The van der Waals surface area contributed by atoms with Crippen molar-refractivity contribution in [1.82, 2.24) is 5.32 Å². The van der Waals surface area contributed by atoms with Gasteiger partial charge in [-0.15, -0.1) is 0 Å². The number of hydrogen-bond acceptors (Lipinski definition) is 4. The number of nitrogens with one attached hydrogen (secondary N) is 1. The average Bonchev–Trinajstić information content (AvgIpc) is 3.61. The smallest absolute Gasteiger partial charge is 0.204 e. The Balaban J connectivity index is 0.000000453. The molecule has 5 heteroatoms. The molecular formula is C22H32N4O. The summed E-state index contributed by atoms with van der Waals surface area (Å²) in [6.07, 6.45) is 7.57. The molecule has 0 unspecified atom stereocenters. The lowest BCUT2D eigenvalue weighted by molar-refractivity contribution is -0.106. The first-order valence-corrected chi connectivity index (χ1v) is 9.08. The van der Waals surface area contributed by atoms with E-state index in [1.165, 1.54) is 24.8 Å². The summed E-state index contributed by atoms with van der Waals surface area (Å²) in [5.74, 6) is 0. The molecule has 0 aromatic heterocycles. The Morgan fingerprint density at radius 1 is 1.07 bits per heavy atom. The lowest BCUT2D eigenvalue weighted by Gasteiger charge is -2.03. The first-order chi connectivity index (χ1) is 13.2. The number of nitrogens with two attached hydrogens (primary N) is 2. The topological polar surface area (TPSA) is 93.5 Å². The molecule has 0 saturated heterocycles. The van der Waals surface area contributed by atoms with Crippen molar-refractivity contribution in [2.75, 3.05) is 6.67 Å². The second kappa shape index (κ2) is 17.9. The fourth-order valence-electron chi connectivity index (χ4n) is 1.67. The summed E-state index contributed by atoms with van der Waals surface area (Å²) in [5, 5.41) is 2.91. The molecule has 1 fully saturated rings. The zero-order chi connectivity index (χ0) is 20.2. The van der Waals surface area contributed by atoms with Crippen LogP contribution in [0.15, 0.2) is 71.9 Å². The molecule has 2 aromatic rings. The number of nitrogens with zero attached hydrogens (tertiary/aromatic N) is 1. The van der Waals surface area contributed by atoms with Crippen molar-refractivity contribution >= 4 is 18.8 Å². The molecule has 3 rings (SSSR count). The molecule has 146 valence electrons. The summed E-state index contributed by atoms with van der Waals surface area (Å²) in [6.45, 7) is 6.06. The van der Waals surface area contributed by atoms with Crippen molar-refractivity contribution in [2.45, 2.75) is 32.6 Å². The SMILES string of the molecule is C1CC1.C=N/C(=C\NCN)c1ccc(CC)cc1.NC=O.c1ccccc1. The number of primary amides is 1. The van der Waals surface area contributed by atoms with Gasteiger partial charge in [0.15, 0.2) is 0 Å². The van der Waals surface area contributed by atoms with Gasteiger partial charge in [0.2, 0.25) is 6.41 Å². The summed E-state index contributed by atoms with van der Waals surface area (Å²) < 4.78 is 0. The van der Waals surface area contributed by atoms with Gasteiger partial charge < -0.3 is 16.8 Å². The van der Waals surface area contributed by atoms with E-state index in [0.29, 0.717) is 6.67 Å². The molecule has 27 heavy (non-hydrogen) atoms. The fraction of sp³-hybridized carbons (Fsp3) is 0.273. The van der Waals surface area contributed by atoms with Crippen LogP contribution in [-0.4, -0.2) is 19.8 Å². The summed E-state index contributed by atoms with van der Waals surface area (Å²) in [4.78, 5) is 12.5. The molecule has 1 aliphatic carbocycles. The van der Waals surface area contributed by atoms with Crippen LogP contribution < -0.4 is 16.8 Å². The fourth-order valence-corrected chi connectivity index (χ4v) is 1.67. The third-order valence-electron chi connectivity index (χ3n) is 3.21. The minimum Gasteiger partial charge on any atom is -0.377 e. The maximum atomic E-state index is 8.58. The second-order valence-electron chi connectivity index (χ2n) is 5.50. The normalized spacial score (nSPS) is 11.1. The highest BCUT2D eigenvalue weighted by atomic mass is 16.1. The van der Waals surface area contributed by atoms with Gasteiger partial charge in [0, 0.05) is 11.8 Å². The van der Waals surface area contributed by atoms with Crippen molar-refractivity contribution in [3.8, 4) is 0 Å². The number of aryl methyl sites for hydroxylation is 1. The van der Waals surface area contributed by atoms with Crippen LogP contribution in [0.4, 0.5) is 0 Å². The third-order valence-corrected chi connectivity index (χ3v) is 3.21. The largest absolute Gasteiger partial charge is 0.377 e. The van der Waals surface area contributed by atoms with Gasteiger partial charge in [-0.05, 0) is 18.7 Å². The van der Waals surface area contributed by atoms with E-state index in [1.807, 2.05) is 48.5 Å². The predicted octanol–water partition coefficient (Wildman–Crippen LogP) is 3.71. The Bertz CT molecular complexity index is 593. The summed E-state index contributed by atoms with van der Waals surface area (Å²) in [7, 11) is 0. The maximum absolute atomic E-state index is 8.58. The quantitative estimate of drug-likeness (QED) is 0.426. The highest BCUT2D eigenvalue weighted by molar-refractivity contribution is 5.67. The molecule has 0 spiro atoms. The Kier molecular flexibility index (Phi) is 16.0. The van der Waals surface area contributed by atoms with E-state index < -0.39 is 0 Å². The van der Waals surface area contributed by atoms with E-state index in [9.17, 15) is 0 Å². The second-order valence-corrected chi connectivity index (χ2v) is 5.50. The van der Waals surface area contributed by atoms with Crippen LogP contribution in [0.3, 0.4) is 0 Å². The minimum absolute atomic E-state index is 0.250. The van der Waals surface area contributed by atoms with E-state index in [2.05, 4.69) is 41.8 Å². The highest BCUT2D eigenvalue weighted by Crippen LogP contribution is 2.15. The molecule has 0 atom stereocenters. The van der Waals surface area contributed by atoms with E-state index in [4.69, 9.17) is 10.5 Å². The van der Waals surface area contributed by atoms with Gasteiger partial charge in [-0.2, -0.15) is 0 Å². The van der Waals surface area contributed by atoms with Crippen LogP contribution in [0.1, 0.15) is 37.3 Å². The first-order valence-electron chi connectivity index (χ1n) is 9.08. The van der Waals surface area contributed by atoms with Crippen LogP contribution in [0, 0.1) is 0 Å². The third kappa shape index (κ3) is 15.1. The molecule has 0 bridgehead atoms. The zero-order valence-electron chi connectivity index (χ0n) is 16.2. The average molecular weight is 369 g/mol. The van der Waals surface area contributed by atoms with Crippen LogP contribution in [-0.2, 0) is 11.2 Å². The molecule has 1 saturated carbocycles. The predicted molar refractivity (Wildman–Crippen MR) is 116 cm³/mol. The van der Waals surface area contributed by atoms with Gasteiger partial charge in [-0.3, -0.25) is 9.79 Å². The van der Waals surface area contributed by atoms with Crippen molar-refractivity contribution in [3.05, 3.63) is 78.0 Å². The molecule has 0 heterocycles.